The Morgan fingerprint density at radius 3 is 2.69 bits per heavy atom. The number of nitrogens with zero attached hydrogens (tertiary/aromatic N) is 1. The minimum absolute atomic E-state index is 0.124. The first-order chi connectivity index (χ1) is 7.50. The molecule has 0 aliphatic heterocycles. The van der Waals surface area contributed by atoms with E-state index in [1.807, 2.05) is 13.8 Å². The van der Waals surface area contributed by atoms with Gasteiger partial charge in [-0.3, -0.25) is 15.1 Å². The van der Waals surface area contributed by atoms with Gasteiger partial charge < -0.3 is 10.8 Å². The summed E-state index contributed by atoms with van der Waals surface area (Å²) in [5, 5.41) is 12.1. The maximum absolute atomic E-state index is 11.1. The molecule has 1 rings (SSSR count). The van der Waals surface area contributed by atoms with E-state index in [0.717, 1.165) is 5.69 Å². The van der Waals surface area contributed by atoms with Gasteiger partial charge in [0.2, 0.25) is 5.91 Å². The molecule has 1 unspecified atom stereocenters. The number of primary amides is 1. The molecular weight excluding hydrogens is 206 g/mol. The number of hydrogen-bond donors (Lipinski definition) is 3. The third kappa shape index (κ3) is 3.51. The number of rotatable bonds is 5. The Balaban J connectivity index is 2.55. The van der Waals surface area contributed by atoms with Crippen LogP contribution in [0.4, 0.5) is 0 Å². The first-order valence-electron chi connectivity index (χ1n) is 5.17. The highest BCUT2D eigenvalue weighted by molar-refractivity contribution is 5.80. The molecule has 1 amide bonds. The fourth-order valence-electron chi connectivity index (χ4n) is 1.40. The zero-order valence-electron chi connectivity index (χ0n) is 9.47. The number of aromatic hydroxyl groups is 1. The van der Waals surface area contributed by atoms with Crippen molar-refractivity contribution in [3.63, 3.8) is 0 Å². The van der Waals surface area contributed by atoms with Crippen molar-refractivity contribution < 1.29 is 9.90 Å². The largest absolute Gasteiger partial charge is 0.506 e. The molecule has 0 saturated heterocycles. The van der Waals surface area contributed by atoms with Gasteiger partial charge in [0, 0.05) is 6.54 Å². The lowest BCUT2D eigenvalue weighted by Crippen LogP contribution is -2.44. The van der Waals surface area contributed by atoms with Crippen molar-refractivity contribution >= 4 is 5.91 Å². The lowest BCUT2D eigenvalue weighted by molar-refractivity contribution is -0.121. The highest BCUT2D eigenvalue weighted by Gasteiger charge is 2.18. The predicted molar refractivity (Wildman–Crippen MR) is 60.6 cm³/mol. The van der Waals surface area contributed by atoms with Gasteiger partial charge in [-0.15, -0.1) is 0 Å². The molecule has 0 fully saturated rings. The maximum atomic E-state index is 11.1. The molecule has 1 heterocycles. The predicted octanol–water partition coefficient (Wildman–Crippen LogP) is 0.387. The van der Waals surface area contributed by atoms with Gasteiger partial charge >= 0.3 is 0 Å². The average Bonchev–Trinajstić information content (AvgIpc) is 2.20. The molecule has 0 aliphatic carbocycles. The Bertz CT molecular complexity index is 349. The first-order valence-corrected chi connectivity index (χ1v) is 5.17. The molecule has 0 aromatic carbocycles. The molecule has 0 spiro atoms. The number of hydrogen-bond acceptors (Lipinski definition) is 4. The summed E-state index contributed by atoms with van der Waals surface area (Å²) in [7, 11) is 0. The summed E-state index contributed by atoms with van der Waals surface area (Å²) in [5.74, 6) is -0.109. The molecule has 0 bridgehead atoms. The molecule has 1 atom stereocenters. The van der Waals surface area contributed by atoms with Crippen molar-refractivity contribution in [1.82, 2.24) is 10.3 Å². The van der Waals surface area contributed by atoms with Gasteiger partial charge in [-0.2, -0.15) is 0 Å². The van der Waals surface area contributed by atoms with E-state index in [0.29, 0.717) is 6.54 Å². The molecule has 0 aliphatic rings. The van der Waals surface area contributed by atoms with E-state index in [1.54, 1.807) is 12.1 Å². The van der Waals surface area contributed by atoms with Crippen molar-refractivity contribution in [3.05, 3.63) is 24.0 Å². The molecule has 5 heteroatoms. The summed E-state index contributed by atoms with van der Waals surface area (Å²) in [5.41, 5.74) is 6.02. The van der Waals surface area contributed by atoms with Gasteiger partial charge in [0.25, 0.3) is 0 Å². The molecule has 16 heavy (non-hydrogen) atoms. The molecule has 1 aromatic heterocycles. The smallest absolute Gasteiger partial charge is 0.234 e. The normalized spacial score (nSPS) is 12.7. The van der Waals surface area contributed by atoms with E-state index in [9.17, 15) is 4.79 Å². The highest BCUT2D eigenvalue weighted by Crippen LogP contribution is 2.07. The molecule has 0 saturated carbocycles. The number of carbonyl (C=O) groups excluding carboxylic acids is 1. The average molecular weight is 223 g/mol. The third-order valence-corrected chi connectivity index (χ3v) is 2.29. The van der Waals surface area contributed by atoms with Crippen LogP contribution < -0.4 is 11.1 Å². The van der Waals surface area contributed by atoms with Crippen LogP contribution >= 0.6 is 0 Å². The van der Waals surface area contributed by atoms with Crippen LogP contribution in [0.25, 0.3) is 0 Å². The number of pyridine rings is 1. The number of carbonyl (C=O) groups is 1. The van der Waals surface area contributed by atoms with E-state index in [2.05, 4.69) is 10.3 Å². The Hall–Kier alpha value is -1.62. The zero-order chi connectivity index (χ0) is 12.1. The Labute approximate surface area is 94.7 Å². The second-order valence-electron chi connectivity index (χ2n) is 4.01. The second-order valence-corrected chi connectivity index (χ2v) is 4.01. The van der Waals surface area contributed by atoms with Gasteiger partial charge in [0.05, 0.1) is 17.9 Å². The fraction of sp³-hybridized carbons (Fsp3) is 0.455. The third-order valence-electron chi connectivity index (χ3n) is 2.29. The van der Waals surface area contributed by atoms with E-state index in [4.69, 9.17) is 10.8 Å². The molecule has 5 nitrogen and oxygen atoms in total. The van der Waals surface area contributed by atoms with Crippen molar-refractivity contribution in [2.24, 2.45) is 11.7 Å². The minimum Gasteiger partial charge on any atom is -0.506 e. The quantitative estimate of drug-likeness (QED) is 0.673. The summed E-state index contributed by atoms with van der Waals surface area (Å²) >= 11 is 0. The van der Waals surface area contributed by atoms with Crippen molar-refractivity contribution in [2.45, 2.75) is 26.4 Å². The van der Waals surface area contributed by atoms with Crippen LogP contribution in [0.2, 0.25) is 0 Å². The van der Waals surface area contributed by atoms with E-state index < -0.39 is 0 Å². The van der Waals surface area contributed by atoms with Gasteiger partial charge in [0.15, 0.2) is 0 Å². The summed E-state index contributed by atoms with van der Waals surface area (Å²) in [6.45, 7) is 4.30. The van der Waals surface area contributed by atoms with Crippen molar-refractivity contribution in [2.75, 3.05) is 0 Å². The monoisotopic (exact) mass is 223 g/mol. The van der Waals surface area contributed by atoms with Crippen LogP contribution in [0, 0.1) is 5.92 Å². The Morgan fingerprint density at radius 1 is 1.56 bits per heavy atom. The van der Waals surface area contributed by atoms with Gasteiger partial charge in [0.1, 0.15) is 5.75 Å². The summed E-state index contributed by atoms with van der Waals surface area (Å²) < 4.78 is 0. The number of nitrogens with one attached hydrogen (secondary N) is 1. The number of nitrogens with two attached hydrogens (primary N) is 1. The van der Waals surface area contributed by atoms with Gasteiger partial charge in [-0.05, 0) is 18.1 Å². The fourth-order valence-corrected chi connectivity index (χ4v) is 1.40. The van der Waals surface area contributed by atoms with Gasteiger partial charge in [-0.25, -0.2) is 0 Å². The maximum Gasteiger partial charge on any atom is 0.234 e. The minimum atomic E-state index is -0.367. The highest BCUT2D eigenvalue weighted by atomic mass is 16.3. The number of aromatic nitrogens is 1. The molecular formula is C11H17N3O2. The molecule has 1 aromatic rings. The first kappa shape index (κ1) is 12.4. The molecule has 0 radical (unpaired) electrons. The van der Waals surface area contributed by atoms with Crippen molar-refractivity contribution in [3.8, 4) is 5.75 Å². The lowest BCUT2D eigenvalue weighted by atomic mass is 10.0. The van der Waals surface area contributed by atoms with Crippen LogP contribution in [0.3, 0.4) is 0 Å². The number of amides is 1. The lowest BCUT2D eigenvalue weighted by Gasteiger charge is -2.18. The zero-order valence-corrected chi connectivity index (χ0v) is 9.47. The Kier molecular flexibility index (Phi) is 4.25. The van der Waals surface area contributed by atoms with E-state index >= 15 is 0 Å². The van der Waals surface area contributed by atoms with Crippen LogP contribution in [-0.2, 0) is 11.3 Å². The van der Waals surface area contributed by atoms with Gasteiger partial charge in [-0.1, -0.05) is 13.8 Å². The van der Waals surface area contributed by atoms with E-state index in [-0.39, 0.29) is 23.6 Å². The summed E-state index contributed by atoms with van der Waals surface area (Å²) in [6, 6.07) is 2.88. The van der Waals surface area contributed by atoms with Crippen LogP contribution in [0.1, 0.15) is 19.5 Å². The SMILES string of the molecule is CC(C)C(NCc1ccc(O)cn1)C(N)=O. The summed E-state index contributed by atoms with van der Waals surface area (Å²) in [6.07, 6.45) is 1.37. The Morgan fingerprint density at radius 2 is 2.25 bits per heavy atom. The standard InChI is InChI=1S/C11H17N3O2/c1-7(2)10(11(12)16)14-5-8-3-4-9(15)6-13-8/h3-4,6-7,10,14-15H,5H2,1-2H3,(H2,12,16). The molecule has 4 N–H and O–H groups in total. The van der Waals surface area contributed by atoms with Crippen LogP contribution in [-0.4, -0.2) is 22.0 Å². The molecule has 88 valence electrons. The van der Waals surface area contributed by atoms with Crippen LogP contribution in [0.5, 0.6) is 5.75 Å². The van der Waals surface area contributed by atoms with Crippen molar-refractivity contribution in [1.29, 1.82) is 0 Å². The van der Waals surface area contributed by atoms with E-state index in [1.165, 1.54) is 6.20 Å². The van der Waals surface area contributed by atoms with Crippen LogP contribution in [0.15, 0.2) is 18.3 Å². The topological polar surface area (TPSA) is 88.2 Å². The summed E-state index contributed by atoms with van der Waals surface area (Å²) in [4.78, 5) is 15.1. The second kappa shape index (κ2) is 5.46.